The van der Waals surface area contributed by atoms with Crippen LogP contribution in [0.15, 0.2) is 39.6 Å². The van der Waals surface area contributed by atoms with Crippen LogP contribution in [-0.2, 0) is 4.79 Å². The molecule has 1 heterocycles. The lowest BCUT2D eigenvalue weighted by atomic mass is 10.2. The Morgan fingerprint density at radius 3 is 2.79 bits per heavy atom. The minimum absolute atomic E-state index is 0.0856. The highest BCUT2D eigenvalue weighted by Gasteiger charge is 2.35. The van der Waals surface area contributed by atoms with E-state index in [1.165, 1.54) is 0 Å². The zero-order valence-electron chi connectivity index (χ0n) is 10.6. The van der Waals surface area contributed by atoms with Crippen molar-refractivity contribution in [3.8, 4) is 0 Å². The third-order valence-corrected chi connectivity index (χ3v) is 2.77. The second kappa shape index (κ2) is 5.23. The van der Waals surface area contributed by atoms with E-state index < -0.39 is 6.04 Å². The average molecular weight is 275 g/mol. The van der Waals surface area contributed by atoms with E-state index in [9.17, 15) is 4.79 Å². The number of carbonyl (C=O) groups is 1. The van der Waals surface area contributed by atoms with E-state index in [0.29, 0.717) is 11.4 Å². The lowest BCUT2D eigenvalue weighted by Gasteiger charge is -2.08. The Hall–Kier alpha value is -2.15. The van der Waals surface area contributed by atoms with E-state index in [4.69, 9.17) is 18.0 Å². The van der Waals surface area contributed by atoms with Gasteiger partial charge in [-0.1, -0.05) is 12.1 Å². The van der Waals surface area contributed by atoms with E-state index in [2.05, 4.69) is 15.3 Å². The smallest absolute Gasteiger partial charge is 0.282 e. The van der Waals surface area contributed by atoms with Gasteiger partial charge in [0, 0.05) is 0 Å². The van der Waals surface area contributed by atoms with Crippen LogP contribution in [0, 0.1) is 6.92 Å². The zero-order valence-corrected chi connectivity index (χ0v) is 11.4. The fourth-order valence-corrected chi connectivity index (χ4v) is 1.79. The highest BCUT2D eigenvalue weighted by atomic mass is 32.1. The molecule has 0 radical (unpaired) electrons. The first-order valence-electron chi connectivity index (χ1n) is 5.65. The number of carbonyl (C=O) groups excluding carboxylic acids is 1. The molecule has 7 heteroatoms. The lowest BCUT2D eigenvalue weighted by Crippen LogP contribution is -2.37. The first-order valence-corrected chi connectivity index (χ1v) is 6.06. The Morgan fingerprint density at radius 2 is 2.21 bits per heavy atom. The molecule has 1 aliphatic heterocycles. The maximum absolute atomic E-state index is 11.9. The van der Waals surface area contributed by atoms with Gasteiger partial charge in [-0.2, -0.15) is 20.3 Å². The number of aryl methyl sites for hydroxylation is 1. The summed E-state index contributed by atoms with van der Waals surface area (Å²) < 4.78 is 0. The van der Waals surface area contributed by atoms with Crippen LogP contribution < -0.4 is 5.73 Å². The van der Waals surface area contributed by atoms with Crippen LogP contribution in [0.25, 0.3) is 0 Å². The Kier molecular flexibility index (Phi) is 3.66. The van der Waals surface area contributed by atoms with Crippen molar-refractivity contribution in [2.75, 3.05) is 0 Å². The first kappa shape index (κ1) is 13.3. The molecule has 98 valence electrons. The summed E-state index contributed by atoms with van der Waals surface area (Å²) in [7, 11) is 0. The van der Waals surface area contributed by atoms with Gasteiger partial charge < -0.3 is 5.73 Å². The topological polar surface area (TPSA) is 83.4 Å². The quantitative estimate of drug-likeness (QED) is 0.661. The van der Waals surface area contributed by atoms with Crippen LogP contribution in [0.3, 0.4) is 0 Å². The second-order valence-corrected chi connectivity index (χ2v) is 4.60. The molecular formula is C12H13N5OS. The summed E-state index contributed by atoms with van der Waals surface area (Å²) in [5.74, 6) is -0.374. The van der Waals surface area contributed by atoms with Crippen LogP contribution in [0.2, 0.25) is 0 Å². The number of benzene rings is 1. The molecule has 19 heavy (non-hydrogen) atoms. The Morgan fingerprint density at radius 1 is 1.47 bits per heavy atom. The maximum Gasteiger partial charge on any atom is 0.282 e. The highest BCUT2D eigenvalue weighted by molar-refractivity contribution is 7.80. The van der Waals surface area contributed by atoms with Crippen LogP contribution in [0.4, 0.5) is 5.69 Å². The van der Waals surface area contributed by atoms with E-state index in [-0.39, 0.29) is 11.0 Å². The van der Waals surface area contributed by atoms with Crippen molar-refractivity contribution in [1.82, 2.24) is 5.01 Å². The van der Waals surface area contributed by atoms with Crippen LogP contribution in [-0.4, -0.2) is 27.8 Å². The minimum Gasteiger partial charge on any atom is -0.374 e. The highest BCUT2D eigenvalue weighted by Crippen LogP contribution is 2.18. The molecular weight excluding hydrogens is 262 g/mol. The van der Waals surface area contributed by atoms with Crippen molar-refractivity contribution in [1.29, 1.82) is 0 Å². The monoisotopic (exact) mass is 275 g/mol. The summed E-state index contributed by atoms with van der Waals surface area (Å²) in [5.41, 5.74) is 7.68. The van der Waals surface area contributed by atoms with Gasteiger partial charge >= 0.3 is 0 Å². The predicted molar refractivity (Wildman–Crippen MR) is 76.2 cm³/mol. The molecule has 0 aromatic heterocycles. The normalized spacial score (nSPS) is 19.1. The largest absolute Gasteiger partial charge is 0.374 e. The molecule has 2 rings (SSSR count). The maximum atomic E-state index is 11.9. The number of hydrogen-bond acceptors (Lipinski definition) is 5. The summed E-state index contributed by atoms with van der Waals surface area (Å²) in [4.78, 5) is 11.9. The number of hydrogen-bond donors (Lipinski definition) is 1. The molecule has 0 aliphatic carbocycles. The fourth-order valence-electron chi connectivity index (χ4n) is 1.66. The molecule has 0 saturated carbocycles. The van der Waals surface area contributed by atoms with Gasteiger partial charge in [-0.15, -0.1) is 0 Å². The summed E-state index contributed by atoms with van der Waals surface area (Å²) in [5, 5.41) is 12.9. The Bertz CT molecular complexity index is 596. The molecule has 1 aromatic rings. The number of nitrogens with two attached hydrogens (primary N) is 1. The third kappa shape index (κ3) is 2.82. The van der Waals surface area contributed by atoms with Gasteiger partial charge in [0.05, 0.1) is 11.4 Å². The second-order valence-electron chi connectivity index (χ2n) is 4.19. The lowest BCUT2D eigenvalue weighted by molar-refractivity contribution is -0.126. The van der Waals surface area contributed by atoms with Crippen molar-refractivity contribution < 1.29 is 4.79 Å². The van der Waals surface area contributed by atoms with Crippen molar-refractivity contribution in [2.24, 2.45) is 21.1 Å². The summed E-state index contributed by atoms with van der Waals surface area (Å²) in [6.07, 6.45) is 0. The van der Waals surface area contributed by atoms with E-state index in [1.54, 1.807) is 6.92 Å². The zero-order chi connectivity index (χ0) is 14.0. The van der Waals surface area contributed by atoms with Crippen LogP contribution >= 0.6 is 12.2 Å². The summed E-state index contributed by atoms with van der Waals surface area (Å²) in [6.45, 7) is 3.65. The number of nitrogens with zero attached hydrogens (tertiary/aromatic N) is 4. The molecule has 1 unspecified atom stereocenters. The molecule has 0 saturated heterocycles. The molecule has 1 amide bonds. The van der Waals surface area contributed by atoms with Gasteiger partial charge in [0.1, 0.15) is 0 Å². The molecule has 0 fully saturated rings. The summed E-state index contributed by atoms with van der Waals surface area (Å²) >= 11 is 4.74. The number of rotatable bonds is 2. The standard InChI is InChI=1S/C12H13N5OS/c1-7-4-3-5-9(6-7)14-15-10-8(2)16-17(11(10)18)12(13)19/h3-6,10H,1-2H3,(H2,13,19). The molecule has 6 nitrogen and oxygen atoms in total. The van der Waals surface area contributed by atoms with E-state index in [0.717, 1.165) is 10.6 Å². The van der Waals surface area contributed by atoms with Crippen molar-refractivity contribution >= 4 is 34.6 Å². The van der Waals surface area contributed by atoms with Crippen molar-refractivity contribution in [3.05, 3.63) is 29.8 Å². The third-order valence-electron chi connectivity index (χ3n) is 2.60. The number of hydrazone groups is 1. The molecule has 0 spiro atoms. The van der Waals surface area contributed by atoms with Gasteiger partial charge in [0.25, 0.3) is 5.91 Å². The fraction of sp³-hybridized carbons (Fsp3) is 0.250. The predicted octanol–water partition coefficient (Wildman–Crippen LogP) is 1.91. The minimum atomic E-state index is -0.748. The SMILES string of the molecule is CC1=NN(C(N)=S)C(=O)C1N=Nc1cccc(C)c1. The van der Waals surface area contributed by atoms with Gasteiger partial charge in [-0.25, -0.2) is 0 Å². The molecule has 1 aromatic carbocycles. The van der Waals surface area contributed by atoms with Crippen LogP contribution in [0.1, 0.15) is 12.5 Å². The number of azo groups is 1. The van der Waals surface area contributed by atoms with Crippen molar-refractivity contribution in [2.45, 2.75) is 19.9 Å². The van der Waals surface area contributed by atoms with Gasteiger partial charge in [-0.05, 0) is 43.8 Å². The van der Waals surface area contributed by atoms with Gasteiger partial charge in [-0.3, -0.25) is 4.79 Å². The summed E-state index contributed by atoms with van der Waals surface area (Å²) in [6, 6.07) is 6.78. The van der Waals surface area contributed by atoms with Crippen LogP contribution in [0.5, 0.6) is 0 Å². The molecule has 0 bridgehead atoms. The van der Waals surface area contributed by atoms with E-state index in [1.807, 2.05) is 31.2 Å². The van der Waals surface area contributed by atoms with Gasteiger partial charge in [0.2, 0.25) is 0 Å². The average Bonchev–Trinajstić information content (AvgIpc) is 2.63. The van der Waals surface area contributed by atoms with Crippen molar-refractivity contribution in [3.63, 3.8) is 0 Å². The van der Waals surface area contributed by atoms with Gasteiger partial charge in [0.15, 0.2) is 11.2 Å². The molecule has 1 atom stereocenters. The first-order chi connectivity index (χ1) is 8.99. The Balaban J connectivity index is 2.18. The number of thiocarbonyl (C=S) groups is 1. The number of amides is 1. The Labute approximate surface area is 116 Å². The molecule has 1 aliphatic rings. The molecule has 2 N–H and O–H groups in total. The van der Waals surface area contributed by atoms with E-state index >= 15 is 0 Å².